The summed E-state index contributed by atoms with van der Waals surface area (Å²) in [6.07, 6.45) is 3.00. The molecule has 3 aromatic rings. The van der Waals surface area contributed by atoms with Crippen LogP contribution < -0.4 is 5.32 Å². The highest BCUT2D eigenvalue weighted by Gasteiger charge is 2.28. The lowest BCUT2D eigenvalue weighted by atomic mass is 9.98. The van der Waals surface area contributed by atoms with E-state index in [1.165, 1.54) is 23.3 Å². The number of benzene rings is 3. The van der Waals surface area contributed by atoms with Gasteiger partial charge in [-0.15, -0.1) is 0 Å². The molecule has 1 amide bonds. The molecular formula is C25H22N2O4. The minimum atomic E-state index is -0.498. The number of amides is 1. The highest BCUT2D eigenvalue weighted by Crippen LogP contribution is 2.44. The van der Waals surface area contributed by atoms with Crippen molar-refractivity contribution in [3.63, 3.8) is 0 Å². The summed E-state index contributed by atoms with van der Waals surface area (Å²) in [6.45, 7) is 2.40. The van der Waals surface area contributed by atoms with Crippen LogP contribution in [-0.4, -0.2) is 24.2 Å². The number of carbonyl (C=O) groups is 1. The summed E-state index contributed by atoms with van der Waals surface area (Å²) in [5, 5.41) is 13.6. The van der Waals surface area contributed by atoms with Crippen molar-refractivity contribution in [3.05, 3.63) is 105 Å². The maximum Gasteiger partial charge on any atom is 0.407 e. The molecule has 0 fully saturated rings. The Labute approximate surface area is 180 Å². The minimum absolute atomic E-state index is 0.0150. The van der Waals surface area contributed by atoms with Gasteiger partial charge in [0, 0.05) is 24.6 Å². The van der Waals surface area contributed by atoms with Gasteiger partial charge in [0.25, 0.3) is 5.69 Å². The number of aryl methyl sites for hydroxylation is 1. The zero-order chi connectivity index (χ0) is 21.8. The van der Waals surface area contributed by atoms with E-state index in [0.29, 0.717) is 0 Å². The second-order valence-electron chi connectivity index (χ2n) is 7.41. The van der Waals surface area contributed by atoms with E-state index in [1.54, 1.807) is 18.2 Å². The lowest BCUT2D eigenvalue weighted by molar-refractivity contribution is -0.384. The van der Waals surface area contributed by atoms with Crippen molar-refractivity contribution in [3.8, 4) is 11.1 Å². The number of nitrogens with zero attached hydrogens (tertiary/aromatic N) is 1. The molecule has 1 aliphatic carbocycles. The SMILES string of the molecule is Cc1ccc([N+](=O)[O-])cc1C=CCNC(=O)OCC1c2ccccc2-c2ccccc21. The molecule has 156 valence electrons. The molecular weight excluding hydrogens is 392 g/mol. The third-order valence-electron chi connectivity index (χ3n) is 5.48. The molecule has 0 heterocycles. The monoisotopic (exact) mass is 414 g/mol. The van der Waals surface area contributed by atoms with E-state index in [-0.39, 0.29) is 24.8 Å². The number of nitro benzene ring substituents is 1. The number of rotatable bonds is 6. The molecule has 0 aromatic heterocycles. The first-order chi connectivity index (χ1) is 15.0. The maximum atomic E-state index is 12.2. The number of hydrogen-bond donors (Lipinski definition) is 1. The number of nitrogens with one attached hydrogen (secondary N) is 1. The number of alkyl carbamates (subject to hydrolysis) is 1. The van der Waals surface area contributed by atoms with Gasteiger partial charge in [0.15, 0.2) is 0 Å². The summed E-state index contributed by atoms with van der Waals surface area (Å²) >= 11 is 0. The number of nitro groups is 1. The number of fused-ring (bicyclic) bond motifs is 3. The summed E-state index contributed by atoms with van der Waals surface area (Å²) in [5.74, 6) is 0.0150. The largest absolute Gasteiger partial charge is 0.449 e. The number of hydrogen-bond acceptors (Lipinski definition) is 4. The molecule has 0 spiro atoms. The fraction of sp³-hybridized carbons (Fsp3) is 0.160. The van der Waals surface area contributed by atoms with Crippen molar-refractivity contribution in [1.82, 2.24) is 5.32 Å². The lowest BCUT2D eigenvalue weighted by Gasteiger charge is -2.14. The van der Waals surface area contributed by atoms with Crippen LogP contribution in [0.3, 0.4) is 0 Å². The molecule has 6 heteroatoms. The Morgan fingerprint density at radius 3 is 2.35 bits per heavy atom. The Bertz CT molecular complexity index is 1120. The van der Waals surface area contributed by atoms with Gasteiger partial charge in [-0.2, -0.15) is 0 Å². The highest BCUT2D eigenvalue weighted by molar-refractivity contribution is 5.79. The summed E-state index contributed by atoms with van der Waals surface area (Å²) in [6, 6.07) is 21.1. The average molecular weight is 414 g/mol. The van der Waals surface area contributed by atoms with E-state index in [9.17, 15) is 14.9 Å². The van der Waals surface area contributed by atoms with Crippen LogP contribution in [0.5, 0.6) is 0 Å². The fourth-order valence-corrected chi connectivity index (χ4v) is 3.90. The molecule has 0 saturated heterocycles. The maximum absolute atomic E-state index is 12.2. The lowest BCUT2D eigenvalue weighted by Crippen LogP contribution is -2.26. The van der Waals surface area contributed by atoms with Gasteiger partial charge in [0.1, 0.15) is 6.61 Å². The van der Waals surface area contributed by atoms with E-state index in [0.717, 1.165) is 22.3 Å². The van der Waals surface area contributed by atoms with Crippen molar-refractivity contribution in [2.75, 3.05) is 13.2 Å². The van der Waals surface area contributed by atoms with Crippen molar-refractivity contribution in [2.45, 2.75) is 12.8 Å². The number of carbonyl (C=O) groups excluding carboxylic acids is 1. The smallest absolute Gasteiger partial charge is 0.407 e. The Kier molecular flexibility index (Phi) is 5.80. The van der Waals surface area contributed by atoms with E-state index >= 15 is 0 Å². The van der Waals surface area contributed by atoms with Crippen LogP contribution in [0.25, 0.3) is 17.2 Å². The molecule has 4 rings (SSSR count). The normalized spacial score (nSPS) is 12.4. The summed E-state index contributed by atoms with van der Waals surface area (Å²) in [4.78, 5) is 22.7. The van der Waals surface area contributed by atoms with E-state index in [1.807, 2.05) is 31.2 Å². The van der Waals surface area contributed by atoms with Crippen molar-refractivity contribution in [2.24, 2.45) is 0 Å². The highest BCUT2D eigenvalue weighted by atomic mass is 16.6. The first-order valence-electron chi connectivity index (χ1n) is 10.0. The van der Waals surface area contributed by atoms with Crippen LogP contribution >= 0.6 is 0 Å². The molecule has 1 aliphatic rings. The van der Waals surface area contributed by atoms with Gasteiger partial charge in [0.2, 0.25) is 0 Å². The molecule has 3 aromatic carbocycles. The minimum Gasteiger partial charge on any atom is -0.449 e. The van der Waals surface area contributed by atoms with Crippen molar-refractivity contribution < 1.29 is 14.5 Å². The summed E-state index contributed by atoms with van der Waals surface area (Å²) in [7, 11) is 0. The Balaban J connectivity index is 1.34. The second kappa shape index (κ2) is 8.83. The van der Waals surface area contributed by atoms with E-state index < -0.39 is 11.0 Å². The van der Waals surface area contributed by atoms with Gasteiger partial charge in [-0.3, -0.25) is 10.1 Å². The zero-order valence-corrected chi connectivity index (χ0v) is 17.1. The van der Waals surface area contributed by atoms with Crippen LogP contribution in [0.2, 0.25) is 0 Å². The zero-order valence-electron chi connectivity index (χ0n) is 17.1. The molecule has 31 heavy (non-hydrogen) atoms. The molecule has 0 radical (unpaired) electrons. The number of ether oxygens (including phenoxy) is 1. The third-order valence-corrected chi connectivity index (χ3v) is 5.48. The Morgan fingerprint density at radius 2 is 1.71 bits per heavy atom. The summed E-state index contributed by atoms with van der Waals surface area (Å²) < 4.78 is 5.49. The van der Waals surface area contributed by atoms with Gasteiger partial charge < -0.3 is 10.1 Å². The van der Waals surface area contributed by atoms with Crippen LogP contribution in [0.4, 0.5) is 10.5 Å². The molecule has 6 nitrogen and oxygen atoms in total. The van der Waals surface area contributed by atoms with Gasteiger partial charge in [-0.05, 0) is 40.3 Å². The first-order valence-corrected chi connectivity index (χ1v) is 10.0. The standard InChI is InChI=1S/C25H22N2O4/c1-17-12-13-19(27(29)30)15-18(17)7-6-14-26-25(28)31-16-24-22-10-4-2-8-20(22)21-9-3-5-11-23(21)24/h2-13,15,24H,14,16H2,1H3,(H,26,28). The van der Waals surface area contributed by atoms with Crippen LogP contribution in [0.1, 0.15) is 28.2 Å². The Morgan fingerprint density at radius 1 is 1.06 bits per heavy atom. The topological polar surface area (TPSA) is 81.5 Å². The predicted octanol–water partition coefficient (Wildman–Crippen LogP) is 5.46. The van der Waals surface area contributed by atoms with Crippen LogP contribution in [0, 0.1) is 17.0 Å². The average Bonchev–Trinajstić information content (AvgIpc) is 3.10. The van der Waals surface area contributed by atoms with Gasteiger partial charge >= 0.3 is 6.09 Å². The van der Waals surface area contributed by atoms with Crippen LogP contribution in [-0.2, 0) is 4.74 Å². The fourth-order valence-electron chi connectivity index (χ4n) is 3.90. The number of non-ortho nitro benzene ring substituents is 1. The van der Waals surface area contributed by atoms with E-state index in [4.69, 9.17) is 4.74 Å². The quantitative estimate of drug-likeness (QED) is 0.429. The van der Waals surface area contributed by atoms with Crippen molar-refractivity contribution >= 4 is 17.9 Å². The van der Waals surface area contributed by atoms with Gasteiger partial charge in [-0.1, -0.05) is 66.7 Å². The Hall–Kier alpha value is -3.93. The third kappa shape index (κ3) is 4.33. The molecule has 0 bridgehead atoms. The molecule has 1 N–H and O–H groups in total. The van der Waals surface area contributed by atoms with Crippen LogP contribution in [0.15, 0.2) is 72.8 Å². The predicted molar refractivity (Wildman–Crippen MR) is 120 cm³/mol. The first kappa shape index (κ1) is 20.3. The summed E-state index contributed by atoms with van der Waals surface area (Å²) in [5.41, 5.74) is 6.39. The van der Waals surface area contributed by atoms with Crippen molar-refractivity contribution in [1.29, 1.82) is 0 Å². The molecule has 0 aliphatic heterocycles. The molecule has 0 atom stereocenters. The molecule has 0 saturated carbocycles. The van der Waals surface area contributed by atoms with Gasteiger partial charge in [-0.25, -0.2) is 4.79 Å². The molecule has 0 unspecified atom stereocenters. The second-order valence-corrected chi connectivity index (χ2v) is 7.41. The van der Waals surface area contributed by atoms with E-state index in [2.05, 4.69) is 29.6 Å². The van der Waals surface area contributed by atoms with Gasteiger partial charge in [0.05, 0.1) is 4.92 Å².